The van der Waals surface area contributed by atoms with E-state index in [-0.39, 0.29) is 13.2 Å². The predicted molar refractivity (Wildman–Crippen MR) is 130 cm³/mol. The van der Waals surface area contributed by atoms with Gasteiger partial charge in [-0.3, -0.25) is 9.05 Å². The molecule has 0 radical (unpaired) electrons. The second-order valence-corrected chi connectivity index (χ2v) is 11.0. The Labute approximate surface area is 196 Å². The zero-order valence-corrected chi connectivity index (χ0v) is 22.2. The van der Waals surface area contributed by atoms with E-state index in [2.05, 4.69) is 12.2 Å². The molecule has 0 heterocycles. The fourth-order valence-electron chi connectivity index (χ4n) is 3.24. The van der Waals surface area contributed by atoms with Gasteiger partial charge in [0.1, 0.15) is 19.3 Å². The quantitative estimate of drug-likeness (QED) is 0.125. The number of rotatable bonds is 21. The molecule has 0 aromatic carbocycles. The molecule has 0 bridgehead atoms. The number of nitrogens with one attached hydrogen (secondary N) is 1. The number of alkyl carbamates (subject to hydrolysis) is 1. The Hall–Kier alpha value is -0.660. The first kappa shape index (κ1) is 31.3. The third kappa shape index (κ3) is 21.2. The summed E-state index contributed by atoms with van der Waals surface area (Å²) in [7, 11) is 3.21. The molecule has 8 nitrogen and oxygen atoms in total. The predicted octanol–water partition coefficient (Wildman–Crippen LogP) is 5.64. The first-order valence-corrected chi connectivity index (χ1v) is 13.9. The minimum Gasteiger partial charge on any atom is -0.444 e. The van der Waals surface area contributed by atoms with Gasteiger partial charge in [0, 0.05) is 7.05 Å². The van der Waals surface area contributed by atoms with Crippen molar-refractivity contribution in [1.29, 1.82) is 0 Å². The second-order valence-electron chi connectivity index (χ2n) is 9.57. The molecule has 32 heavy (non-hydrogen) atoms. The Bertz CT molecular complexity index is 513. The zero-order chi connectivity index (χ0) is 24.3. The smallest absolute Gasteiger partial charge is 0.444 e. The number of nitrogens with zero attached hydrogens (tertiary/aromatic N) is 1. The van der Waals surface area contributed by atoms with Crippen molar-refractivity contribution in [3.05, 3.63) is 0 Å². The molecule has 2 atom stereocenters. The summed E-state index contributed by atoms with van der Waals surface area (Å²) < 4.78 is 28.1. The van der Waals surface area contributed by atoms with Crippen molar-refractivity contribution in [2.45, 2.75) is 96.5 Å². The molecule has 0 aliphatic rings. The number of phosphoric ester groups is 1. The van der Waals surface area contributed by atoms with Crippen LogP contribution in [0.25, 0.3) is 0 Å². The van der Waals surface area contributed by atoms with Crippen LogP contribution in [-0.4, -0.2) is 69.5 Å². The minimum atomic E-state index is -4.18. The standard InChI is InChI=1S/C23H49N2O6P/c1-6-7-8-9-10-11-12-13-14-15-16-17-18-22(31-23(26)24-2)21-30-32(27,28)29-20-19-25(3,4)5/h22H,6-21H2,1-5H3,(H-,24,26,27,28)/p+1. The van der Waals surface area contributed by atoms with Crippen LogP contribution in [0.4, 0.5) is 4.79 Å². The average Bonchev–Trinajstić information content (AvgIpc) is 2.71. The number of phosphoric acid groups is 1. The lowest BCUT2D eigenvalue weighted by Crippen LogP contribution is -2.37. The molecule has 0 spiro atoms. The normalized spacial score (nSPS) is 14.7. The van der Waals surface area contributed by atoms with Gasteiger partial charge in [-0.05, 0) is 12.8 Å². The molecule has 0 fully saturated rings. The number of hydrogen-bond acceptors (Lipinski definition) is 5. The van der Waals surface area contributed by atoms with E-state index in [9.17, 15) is 14.3 Å². The summed E-state index contributed by atoms with van der Waals surface area (Å²) in [4.78, 5) is 21.5. The first-order valence-electron chi connectivity index (χ1n) is 12.4. The maximum atomic E-state index is 12.1. The van der Waals surface area contributed by atoms with Gasteiger partial charge >= 0.3 is 13.9 Å². The summed E-state index contributed by atoms with van der Waals surface area (Å²) in [5.41, 5.74) is 0. The van der Waals surface area contributed by atoms with E-state index in [4.69, 9.17) is 13.8 Å². The van der Waals surface area contributed by atoms with E-state index < -0.39 is 20.0 Å². The van der Waals surface area contributed by atoms with Gasteiger partial charge < -0.3 is 19.4 Å². The van der Waals surface area contributed by atoms with Gasteiger partial charge in [-0.1, -0.05) is 77.6 Å². The highest BCUT2D eigenvalue weighted by molar-refractivity contribution is 7.47. The van der Waals surface area contributed by atoms with E-state index >= 15 is 0 Å². The third-order valence-electron chi connectivity index (χ3n) is 5.30. The fourth-order valence-corrected chi connectivity index (χ4v) is 3.99. The van der Waals surface area contributed by atoms with Crippen LogP contribution in [-0.2, 0) is 18.3 Å². The zero-order valence-electron chi connectivity index (χ0n) is 21.3. The highest BCUT2D eigenvalue weighted by Crippen LogP contribution is 2.43. The first-order chi connectivity index (χ1) is 15.1. The summed E-state index contributed by atoms with van der Waals surface area (Å²) in [6, 6.07) is 0. The summed E-state index contributed by atoms with van der Waals surface area (Å²) >= 11 is 0. The molecule has 2 N–H and O–H groups in total. The van der Waals surface area contributed by atoms with Crippen LogP contribution in [0.3, 0.4) is 0 Å². The topological polar surface area (TPSA) is 94.1 Å². The highest BCUT2D eigenvalue weighted by Gasteiger charge is 2.25. The second kappa shape index (κ2) is 18.7. The summed E-state index contributed by atoms with van der Waals surface area (Å²) in [5, 5.41) is 2.41. The molecule has 2 unspecified atom stereocenters. The maximum absolute atomic E-state index is 12.1. The summed E-state index contributed by atoms with van der Waals surface area (Å²) in [6.07, 6.45) is 14.4. The Morgan fingerprint density at radius 2 is 1.41 bits per heavy atom. The lowest BCUT2D eigenvalue weighted by molar-refractivity contribution is -0.870. The molecule has 1 amide bonds. The SMILES string of the molecule is CCCCCCCCCCCCCCC(COP(=O)(O)OCC[N+](C)(C)C)OC(=O)NC. The lowest BCUT2D eigenvalue weighted by Gasteiger charge is -2.24. The molecule has 0 saturated carbocycles. The monoisotopic (exact) mass is 481 g/mol. The summed E-state index contributed by atoms with van der Waals surface area (Å²) in [5.74, 6) is 0. The average molecular weight is 482 g/mol. The number of carbonyl (C=O) groups excluding carboxylic acids is 1. The molecule has 192 valence electrons. The van der Waals surface area contributed by atoms with Gasteiger partial charge in [-0.25, -0.2) is 9.36 Å². The molecule has 0 aromatic heterocycles. The van der Waals surface area contributed by atoms with Crippen molar-refractivity contribution in [1.82, 2.24) is 5.32 Å². The van der Waals surface area contributed by atoms with Crippen molar-refractivity contribution in [2.75, 3.05) is 47.9 Å². The van der Waals surface area contributed by atoms with E-state index in [1.807, 2.05) is 21.1 Å². The van der Waals surface area contributed by atoms with Gasteiger partial charge in [0.05, 0.1) is 27.7 Å². The van der Waals surface area contributed by atoms with Crippen LogP contribution < -0.4 is 5.32 Å². The largest absolute Gasteiger partial charge is 0.472 e. The molecule has 0 rings (SSSR count). The molecular formula is C23H50N2O6P+. The molecule has 0 aliphatic heterocycles. The van der Waals surface area contributed by atoms with Crippen molar-refractivity contribution < 1.29 is 32.5 Å². The number of hydrogen-bond donors (Lipinski definition) is 2. The number of ether oxygens (including phenoxy) is 1. The molecular weight excluding hydrogens is 431 g/mol. The van der Waals surface area contributed by atoms with Crippen molar-refractivity contribution >= 4 is 13.9 Å². The van der Waals surface area contributed by atoms with Gasteiger partial charge in [0.2, 0.25) is 0 Å². The van der Waals surface area contributed by atoms with E-state index in [1.54, 1.807) is 0 Å². The van der Waals surface area contributed by atoms with Crippen LogP contribution in [0.2, 0.25) is 0 Å². The summed E-state index contributed by atoms with van der Waals surface area (Å²) in [6.45, 7) is 2.76. The number of quaternary nitrogens is 1. The molecule has 9 heteroatoms. The Morgan fingerprint density at radius 3 is 1.88 bits per heavy atom. The van der Waals surface area contributed by atoms with Gasteiger partial charge in [0.25, 0.3) is 0 Å². The Morgan fingerprint density at radius 1 is 0.906 bits per heavy atom. The van der Waals surface area contributed by atoms with Gasteiger partial charge in [-0.2, -0.15) is 0 Å². The maximum Gasteiger partial charge on any atom is 0.472 e. The van der Waals surface area contributed by atoms with Crippen molar-refractivity contribution in [3.8, 4) is 0 Å². The van der Waals surface area contributed by atoms with Crippen LogP contribution in [0.1, 0.15) is 90.4 Å². The van der Waals surface area contributed by atoms with Crippen LogP contribution >= 0.6 is 7.82 Å². The number of carbonyl (C=O) groups is 1. The van der Waals surface area contributed by atoms with Crippen LogP contribution in [0, 0.1) is 0 Å². The number of amides is 1. The van der Waals surface area contributed by atoms with Gasteiger partial charge in [0.15, 0.2) is 0 Å². The van der Waals surface area contributed by atoms with Crippen molar-refractivity contribution in [2.24, 2.45) is 0 Å². The van der Waals surface area contributed by atoms with Gasteiger partial charge in [-0.15, -0.1) is 0 Å². The van der Waals surface area contributed by atoms with E-state index in [1.165, 1.54) is 64.8 Å². The third-order valence-corrected chi connectivity index (χ3v) is 6.28. The lowest BCUT2D eigenvalue weighted by atomic mass is 10.0. The molecule has 0 aliphatic carbocycles. The van der Waals surface area contributed by atoms with Crippen LogP contribution in [0.15, 0.2) is 0 Å². The Kier molecular flexibility index (Phi) is 18.3. The minimum absolute atomic E-state index is 0.108. The van der Waals surface area contributed by atoms with Crippen molar-refractivity contribution in [3.63, 3.8) is 0 Å². The van der Waals surface area contributed by atoms with E-state index in [0.29, 0.717) is 17.4 Å². The highest BCUT2D eigenvalue weighted by atomic mass is 31.2. The fraction of sp³-hybridized carbons (Fsp3) is 0.957. The van der Waals surface area contributed by atoms with E-state index in [0.717, 1.165) is 19.3 Å². The molecule has 0 aromatic rings. The number of likely N-dealkylation sites (N-methyl/N-ethyl adjacent to an activating group) is 1. The van der Waals surface area contributed by atoms with Crippen LogP contribution in [0.5, 0.6) is 0 Å². The Balaban J connectivity index is 4.04. The molecule has 0 saturated heterocycles. The number of unbranched alkanes of at least 4 members (excludes halogenated alkanes) is 11.